The van der Waals surface area contributed by atoms with Crippen LogP contribution in [0.5, 0.6) is 0 Å². The van der Waals surface area contributed by atoms with Crippen molar-refractivity contribution in [3.63, 3.8) is 0 Å². The molecule has 2 fully saturated rings. The summed E-state index contributed by atoms with van der Waals surface area (Å²) in [5.41, 5.74) is 4.41. The molecule has 1 saturated heterocycles. The number of hydrogen-bond acceptors (Lipinski definition) is 4. The summed E-state index contributed by atoms with van der Waals surface area (Å²) in [5, 5.41) is 6.00. The van der Waals surface area contributed by atoms with Gasteiger partial charge in [0, 0.05) is 18.3 Å². The van der Waals surface area contributed by atoms with E-state index >= 15 is 0 Å². The number of ether oxygens (including phenoxy) is 1. The van der Waals surface area contributed by atoms with E-state index in [0.29, 0.717) is 31.1 Å². The highest BCUT2D eigenvalue weighted by Crippen LogP contribution is 2.26. The summed E-state index contributed by atoms with van der Waals surface area (Å²) in [4.78, 5) is 39.5. The summed E-state index contributed by atoms with van der Waals surface area (Å²) >= 11 is 0. The molecule has 0 radical (unpaired) electrons. The molecule has 3 aromatic rings. The van der Waals surface area contributed by atoms with E-state index in [2.05, 4.69) is 10.6 Å². The van der Waals surface area contributed by atoms with Crippen LogP contribution in [0.15, 0.2) is 78.9 Å². The molecule has 0 unspecified atom stereocenters. The largest absolute Gasteiger partial charge is 0.445 e. The van der Waals surface area contributed by atoms with Crippen LogP contribution in [0.2, 0.25) is 0 Å². The van der Waals surface area contributed by atoms with Gasteiger partial charge in [-0.15, -0.1) is 0 Å². The van der Waals surface area contributed by atoms with Crippen molar-refractivity contribution in [2.75, 3.05) is 11.9 Å². The SMILES string of the molecule is O=C(Cc1cccc(-c2cccc(NC(=O)[C@@H]3CCCN3C(=O)OCc3ccccc3)c2)c1)NC1CC1. The molecular formula is C30H31N3O4. The number of likely N-dealkylation sites (tertiary alicyclic amines) is 1. The third kappa shape index (κ3) is 6.55. The lowest BCUT2D eigenvalue weighted by atomic mass is 10.0. The molecule has 7 nitrogen and oxygen atoms in total. The average molecular weight is 498 g/mol. The Labute approximate surface area is 216 Å². The Hall–Kier alpha value is -4.13. The van der Waals surface area contributed by atoms with E-state index in [-0.39, 0.29) is 18.4 Å². The summed E-state index contributed by atoms with van der Waals surface area (Å²) < 4.78 is 5.46. The second kappa shape index (κ2) is 11.3. The lowest BCUT2D eigenvalue weighted by molar-refractivity contribution is -0.121. The Bertz CT molecular complexity index is 1270. The predicted molar refractivity (Wildman–Crippen MR) is 142 cm³/mol. The van der Waals surface area contributed by atoms with Crippen molar-refractivity contribution in [3.05, 3.63) is 90.0 Å². The van der Waals surface area contributed by atoms with E-state index < -0.39 is 12.1 Å². The van der Waals surface area contributed by atoms with Crippen LogP contribution < -0.4 is 10.6 Å². The third-order valence-electron chi connectivity index (χ3n) is 6.69. The van der Waals surface area contributed by atoms with Gasteiger partial charge in [-0.25, -0.2) is 4.79 Å². The van der Waals surface area contributed by atoms with Crippen molar-refractivity contribution in [1.82, 2.24) is 10.2 Å². The third-order valence-corrected chi connectivity index (χ3v) is 6.69. The number of nitrogens with one attached hydrogen (secondary N) is 2. The van der Waals surface area contributed by atoms with Crippen LogP contribution in [0.4, 0.5) is 10.5 Å². The van der Waals surface area contributed by atoms with E-state index in [1.54, 1.807) is 0 Å². The molecule has 0 bridgehead atoms. The van der Waals surface area contributed by atoms with E-state index in [1.807, 2.05) is 78.9 Å². The van der Waals surface area contributed by atoms with Gasteiger partial charge in [-0.3, -0.25) is 14.5 Å². The molecule has 2 aliphatic rings. The minimum atomic E-state index is -0.569. The highest BCUT2D eigenvalue weighted by molar-refractivity contribution is 5.97. The van der Waals surface area contributed by atoms with Crippen LogP contribution in [0.1, 0.15) is 36.8 Å². The summed E-state index contributed by atoms with van der Waals surface area (Å²) in [7, 11) is 0. The Balaban J connectivity index is 1.21. The fourth-order valence-electron chi connectivity index (χ4n) is 4.61. The maximum absolute atomic E-state index is 13.1. The minimum Gasteiger partial charge on any atom is -0.445 e. The Morgan fingerprint density at radius 2 is 1.57 bits per heavy atom. The maximum atomic E-state index is 13.1. The molecule has 3 amide bonds. The van der Waals surface area contributed by atoms with Crippen LogP contribution in [0, 0.1) is 0 Å². The highest BCUT2D eigenvalue weighted by atomic mass is 16.6. The van der Waals surface area contributed by atoms with Crippen LogP contribution in [0.25, 0.3) is 11.1 Å². The number of anilines is 1. The number of amides is 3. The van der Waals surface area contributed by atoms with Crippen LogP contribution in [-0.4, -0.2) is 41.4 Å². The lowest BCUT2D eigenvalue weighted by Gasteiger charge is -2.23. The van der Waals surface area contributed by atoms with Gasteiger partial charge in [0.1, 0.15) is 12.6 Å². The molecule has 1 heterocycles. The Kier molecular flexibility index (Phi) is 7.49. The van der Waals surface area contributed by atoms with E-state index in [0.717, 1.165) is 41.5 Å². The van der Waals surface area contributed by atoms with Gasteiger partial charge in [0.15, 0.2) is 0 Å². The van der Waals surface area contributed by atoms with Crippen LogP contribution >= 0.6 is 0 Å². The fourth-order valence-corrected chi connectivity index (χ4v) is 4.61. The van der Waals surface area contributed by atoms with Gasteiger partial charge in [-0.1, -0.05) is 66.7 Å². The molecule has 1 aliphatic heterocycles. The molecule has 7 heteroatoms. The maximum Gasteiger partial charge on any atom is 0.410 e. The van der Waals surface area contributed by atoms with E-state index in [4.69, 9.17) is 4.74 Å². The zero-order valence-corrected chi connectivity index (χ0v) is 20.7. The van der Waals surface area contributed by atoms with Gasteiger partial charge < -0.3 is 15.4 Å². The van der Waals surface area contributed by atoms with Gasteiger partial charge in [0.05, 0.1) is 6.42 Å². The molecule has 190 valence electrons. The van der Waals surface area contributed by atoms with Gasteiger partial charge in [-0.05, 0) is 60.1 Å². The van der Waals surface area contributed by atoms with Crippen LogP contribution in [-0.2, 0) is 27.4 Å². The highest BCUT2D eigenvalue weighted by Gasteiger charge is 2.35. The van der Waals surface area contributed by atoms with Gasteiger partial charge >= 0.3 is 6.09 Å². The average Bonchev–Trinajstić information content (AvgIpc) is 3.58. The standard InChI is InChI=1S/C30H31N3O4/c34-28(31-25-14-15-25)18-22-9-4-10-23(17-22)24-11-5-12-26(19-24)32-29(35)27-13-6-16-33(27)30(36)37-20-21-7-2-1-3-8-21/h1-5,7-12,17,19,25,27H,6,13-16,18,20H2,(H,31,34)(H,32,35)/t27-/m0/s1. The molecule has 37 heavy (non-hydrogen) atoms. The van der Waals surface area contributed by atoms with Gasteiger partial charge in [-0.2, -0.15) is 0 Å². The molecule has 0 aromatic heterocycles. The molecule has 1 aliphatic carbocycles. The second-order valence-corrected chi connectivity index (χ2v) is 9.68. The molecule has 2 N–H and O–H groups in total. The summed E-state index contributed by atoms with van der Waals surface area (Å²) in [6.45, 7) is 0.667. The van der Waals surface area contributed by atoms with Gasteiger partial charge in [0.25, 0.3) is 0 Å². The Morgan fingerprint density at radius 3 is 2.35 bits per heavy atom. The van der Waals surface area contributed by atoms with Crippen molar-refractivity contribution < 1.29 is 19.1 Å². The van der Waals surface area contributed by atoms with Crippen molar-refractivity contribution in [2.45, 2.75) is 50.8 Å². The predicted octanol–water partition coefficient (Wildman–Crippen LogP) is 4.91. The van der Waals surface area contributed by atoms with Crippen LogP contribution in [0.3, 0.4) is 0 Å². The molecule has 1 saturated carbocycles. The number of nitrogens with zero attached hydrogens (tertiary/aromatic N) is 1. The smallest absolute Gasteiger partial charge is 0.410 e. The monoisotopic (exact) mass is 497 g/mol. The van der Waals surface area contributed by atoms with Crippen molar-refractivity contribution in [3.8, 4) is 11.1 Å². The van der Waals surface area contributed by atoms with Crippen molar-refractivity contribution >= 4 is 23.6 Å². The number of hydrogen-bond donors (Lipinski definition) is 2. The second-order valence-electron chi connectivity index (χ2n) is 9.68. The molecule has 5 rings (SSSR count). The van der Waals surface area contributed by atoms with Crippen molar-refractivity contribution in [2.24, 2.45) is 0 Å². The fraction of sp³-hybridized carbons (Fsp3) is 0.300. The summed E-state index contributed by atoms with van der Waals surface area (Å²) in [6.07, 6.45) is 3.35. The first kappa shape index (κ1) is 24.6. The Morgan fingerprint density at radius 1 is 0.838 bits per heavy atom. The molecule has 0 spiro atoms. The number of rotatable bonds is 8. The molecule has 3 aromatic carbocycles. The first-order valence-electron chi connectivity index (χ1n) is 12.8. The van der Waals surface area contributed by atoms with E-state index in [9.17, 15) is 14.4 Å². The quantitative estimate of drug-likeness (QED) is 0.463. The first-order chi connectivity index (χ1) is 18.0. The van der Waals surface area contributed by atoms with Crippen molar-refractivity contribution in [1.29, 1.82) is 0 Å². The number of carbonyl (C=O) groups is 3. The minimum absolute atomic E-state index is 0.0454. The topological polar surface area (TPSA) is 87.7 Å². The molecular weight excluding hydrogens is 466 g/mol. The number of benzene rings is 3. The normalized spacial score (nSPS) is 16.8. The lowest BCUT2D eigenvalue weighted by Crippen LogP contribution is -2.43. The van der Waals surface area contributed by atoms with Gasteiger partial charge in [0.2, 0.25) is 11.8 Å². The summed E-state index contributed by atoms with van der Waals surface area (Å²) in [6, 6.07) is 24.8. The molecule has 1 atom stereocenters. The summed E-state index contributed by atoms with van der Waals surface area (Å²) in [5.74, 6) is -0.180. The zero-order chi connectivity index (χ0) is 25.6. The first-order valence-corrected chi connectivity index (χ1v) is 12.8. The zero-order valence-electron chi connectivity index (χ0n) is 20.7. The number of carbonyl (C=O) groups excluding carboxylic acids is 3. The van der Waals surface area contributed by atoms with E-state index in [1.165, 1.54) is 4.90 Å².